The van der Waals surface area contributed by atoms with Crippen molar-refractivity contribution < 1.29 is 39.3 Å². The Kier molecular flexibility index (Phi) is 11.4. The molecule has 2 aromatic rings. The summed E-state index contributed by atoms with van der Waals surface area (Å²) in [6.45, 7) is 1.30. The van der Waals surface area contributed by atoms with Gasteiger partial charge in [-0.05, 0) is 18.9 Å². The molecule has 0 aliphatic rings. The Hall–Kier alpha value is -4.30. The normalized spacial score (nSPS) is 14.8. The van der Waals surface area contributed by atoms with Crippen LogP contribution in [0, 0.1) is 0 Å². The number of hydrogen-bond donors (Lipinski definition) is 8. The zero-order valence-corrected chi connectivity index (χ0v) is 20.7. The molecular weight excluding hydrogens is 500 g/mol. The zero-order valence-electron chi connectivity index (χ0n) is 20.7. The number of amides is 3. The third-order valence-corrected chi connectivity index (χ3v) is 5.61. The molecule has 5 unspecified atom stereocenters. The van der Waals surface area contributed by atoms with E-state index in [0.29, 0.717) is 11.3 Å². The maximum absolute atomic E-state index is 13.2. The highest BCUT2D eigenvalue weighted by Gasteiger charge is 2.31. The molecule has 0 spiro atoms. The number of aromatic amines is 1. The summed E-state index contributed by atoms with van der Waals surface area (Å²) in [5.41, 5.74) is 6.76. The van der Waals surface area contributed by atoms with Crippen molar-refractivity contribution in [1.29, 1.82) is 0 Å². The minimum absolute atomic E-state index is 0.0444. The van der Waals surface area contributed by atoms with E-state index < -0.39 is 66.4 Å². The molecule has 5 atom stereocenters. The molecule has 2 rings (SSSR count). The molecule has 0 bridgehead atoms. The fraction of sp³-hybridized carbons (Fsp3) is 0.417. The van der Waals surface area contributed by atoms with Crippen molar-refractivity contribution in [3.8, 4) is 0 Å². The van der Waals surface area contributed by atoms with Gasteiger partial charge in [-0.25, -0.2) is 9.78 Å². The molecule has 0 aliphatic heterocycles. The maximum atomic E-state index is 13.2. The van der Waals surface area contributed by atoms with Crippen LogP contribution in [0.25, 0.3) is 0 Å². The Labute approximate surface area is 218 Å². The molecule has 0 saturated carbocycles. The van der Waals surface area contributed by atoms with Crippen LogP contribution in [0.15, 0.2) is 42.9 Å². The number of aliphatic carboxylic acids is 2. The first-order chi connectivity index (χ1) is 18.0. The van der Waals surface area contributed by atoms with Crippen molar-refractivity contribution >= 4 is 29.7 Å². The number of imidazole rings is 1. The van der Waals surface area contributed by atoms with Crippen LogP contribution >= 0.6 is 0 Å². The molecule has 0 radical (unpaired) electrons. The van der Waals surface area contributed by atoms with Gasteiger partial charge in [-0.2, -0.15) is 0 Å². The monoisotopic (exact) mass is 532 g/mol. The van der Waals surface area contributed by atoms with Crippen LogP contribution in [-0.4, -0.2) is 85.2 Å². The highest BCUT2D eigenvalue weighted by molar-refractivity contribution is 5.94. The highest BCUT2D eigenvalue weighted by atomic mass is 16.4. The molecule has 0 fully saturated rings. The molecule has 1 aromatic heterocycles. The van der Waals surface area contributed by atoms with Gasteiger partial charge in [-0.15, -0.1) is 0 Å². The number of nitrogens with two attached hydrogens (primary N) is 1. The van der Waals surface area contributed by atoms with Gasteiger partial charge in [0.1, 0.15) is 24.2 Å². The standard InChI is InChI=1S/C24H32N6O8/c1-13(31)20(25)23(36)29-17(10-15-11-26-12-27-15)22(35)28-16(7-8-19(32)33)21(34)30-18(24(37)38)9-14-5-3-2-4-6-14/h2-6,11-13,16-18,20,31H,7-10,25H2,1H3,(H,26,27)(H,28,35)(H,29,36)(H,30,34)(H,32,33)(H,37,38). The number of nitrogens with zero attached hydrogens (tertiary/aromatic N) is 1. The van der Waals surface area contributed by atoms with Gasteiger partial charge in [0.2, 0.25) is 17.7 Å². The summed E-state index contributed by atoms with van der Waals surface area (Å²) in [5, 5.41) is 35.5. The van der Waals surface area contributed by atoms with Crippen molar-refractivity contribution in [3.63, 3.8) is 0 Å². The summed E-state index contributed by atoms with van der Waals surface area (Å²) in [6.07, 6.45) is 0.575. The molecule has 1 heterocycles. The van der Waals surface area contributed by atoms with Gasteiger partial charge < -0.3 is 42.0 Å². The third-order valence-electron chi connectivity index (χ3n) is 5.61. The van der Waals surface area contributed by atoms with Crippen LogP contribution in [0.4, 0.5) is 0 Å². The first kappa shape index (κ1) is 29.9. The number of hydrogen-bond acceptors (Lipinski definition) is 8. The quantitative estimate of drug-likeness (QED) is 0.129. The molecule has 0 aliphatic carbocycles. The van der Waals surface area contributed by atoms with E-state index in [0.717, 1.165) is 0 Å². The first-order valence-electron chi connectivity index (χ1n) is 11.8. The minimum atomic E-state index is -1.43. The van der Waals surface area contributed by atoms with Gasteiger partial charge in [0, 0.05) is 31.2 Å². The molecule has 14 heteroatoms. The Morgan fingerprint density at radius 1 is 0.921 bits per heavy atom. The topological polar surface area (TPSA) is 237 Å². The fourth-order valence-corrected chi connectivity index (χ4v) is 3.44. The van der Waals surface area contributed by atoms with Crippen molar-refractivity contribution in [2.45, 2.75) is 62.9 Å². The number of benzene rings is 1. The maximum Gasteiger partial charge on any atom is 0.326 e. The van der Waals surface area contributed by atoms with Crippen LogP contribution in [0.3, 0.4) is 0 Å². The van der Waals surface area contributed by atoms with E-state index in [1.165, 1.54) is 19.4 Å². The molecule has 0 saturated heterocycles. The van der Waals surface area contributed by atoms with Gasteiger partial charge in [0.15, 0.2) is 0 Å². The van der Waals surface area contributed by atoms with Crippen LogP contribution in [0.1, 0.15) is 31.0 Å². The summed E-state index contributed by atoms with van der Waals surface area (Å²) in [4.78, 5) is 68.2. The van der Waals surface area contributed by atoms with E-state index >= 15 is 0 Å². The van der Waals surface area contributed by atoms with Crippen molar-refractivity contribution in [2.75, 3.05) is 0 Å². The predicted octanol–water partition coefficient (Wildman–Crippen LogP) is -1.69. The van der Waals surface area contributed by atoms with Crippen LogP contribution in [0.5, 0.6) is 0 Å². The second kappa shape index (κ2) is 14.4. The Balaban J connectivity index is 2.21. The lowest BCUT2D eigenvalue weighted by molar-refractivity contribution is -0.143. The smallest absolute Gasteiger partial charge is 0.326 e. The average molecular weight is 533 g/mol. The van der Waals surface area contributed by atoms with Crippen molar-refractivity contribution in [3.05, 3.63) is 54.1 Å². The Bertz CT molecular complexity index is 1090. The van der Waals surface area contributed by atoms with Crippen LogP contribution < -0.4 is 21.7 Å². The Morgan fingerprint density at radius 3 is 2.08 bits per heavy atom. The average Bonchev–Trinajstić information content (AvgIpc) is 3.38. The number of aromatic nitrogens is 2. The van der Waals surface area contributed by atoms with E-state index in [-0.39, 0.29) is 19.3 Å². The number of aliphatic hydroxyl groups excluding tert-OH is 1. The summed E-state index contributed by atoms with van der Waals surface area (Å²) >= 11 is 0. The molecular formula is C24H32N6O8. The van der Waals surface area contributed by atoms with Gasteiger partial charge in [-0.3, -0.25) is 19.2 Å². The number of carbonyl (C=O) groups excluding carboxylic acids is 3. The number of carboxylic acid groups (broad SMARTS) is 2. The van der Waals surface area contributed by atoms with Gasteiger partial charge in [0.05, 0.1) is 12.4 Å². The minimum Gasteiger partial charge on any atom is -0.481 e. The summed E-state index contributed by atoms with van der Waals surface area (Å²) in [6, 6.07) is 3.15. The SMILES string of the molecule is CC(O)C(N)C(=O)NC(Cc1cnc[nH]1)C(=O)NC(CCC(=O)O)C(=O)NC(Cc1ccccc1)C(=O)O. The summed E-state index contributed by atoms with van der Waals surface area (Å²) in [5.74, 6) is -5.15. The van der Waals surface area contributed by atoms with Gasteiger partial charge >= 0.3 is 11.9 Å². The van der Waals surface area contributed by atoms with Crippen molar-refractivity contribution in [1.82, 2.24) is 25.9 Å². The number of carboxylic acids is 2. The lowest BCUT2D eigenvalue weighted by Gasteiger charge is -2.25. The van der Waals surface area contributed by atoms with E-state index in [1.807, 2.05) is 0 Å². The number of nitrogens with one attached hydrogen (secondary N) is 4. The largest absolute Gasteiger partial charge is 0.481 e. The highest BCUT2D eigenvalue weighted by Crippen LogP contribution is 2.07. The van der Waals surface area contributed by atoms with Crippen LogP contribution in [-0.2, 0) is 36.8 Å². The molecule has 3 amide bonds. The number of rotatable bonds is 15. The van der Waals surface area contributed by atoms with Gasteiger partial charge in [0.25, 0.3) is 0 Å². The van der Waals surface area contributed by atoms with E-state index in [4.69, 9.17) is 10.8 Å². The molecule has 9 N–H and O–H groups in total. The third kappa shape index (κ3) is 9.63. The molecule has 206 valence electrons. The molecule has 38 heavy (non-hydrogen) atoms. The first-order valence-corrected chi connectivity index (χ1v) is 11.8. The van der Waals surface area contributed by atoms with Crippen molar-refractivity contribution in [2.24, 2.45) is 5.73 Å². The van der Waals surface area contributed by atoms with E-state index in [2.05, 4.69) is 25.9 Å². The fourth-order valence-electron chi connectivity index (χ4n) is 3.44. The molecule has 1 aromatic carbocycles. The van der Waals surface area contributed by atoms with Gasteiger partial charge in [-0.1, -0.05) is 30.3 Å². The summed E-state index contributed by atoms with van der Waals surface area (Å²) in [7, 11) is 0. The Morgan fingerprint density at radius 2 is 1.53 bits per heavy atom. The number of aliphatic hydroxyl groups is 1. The van der Waals surface area contributed by atoms with Crippen LogP contribution in [0.2, 0.25) is 0 Å². The second-order valence-corrected chi connectivity index (χ2v) is 8.69. The zero-order chi connectivity index (χ0) is 28.2. The second-order valence-electron chi connectivity index (χ2n) is 8.69. The predicted molar refractivity (Wildman–Crippen MR) is 132 cm³/mol. The van der Waals surface area contributed by atoms with E-state index in [9.17, 15) is 34.2 Å². The number of H-pyrrole nitrogens is 1. The molecule has 14 nitrogen and oxygen atoms in total. The lowest BCUT2D eigenvalue weighted by Crippen LogP contribution is -2.58. The number of carbonyl (C=O) groups is 5. The lowest BCUT2D eigenvalue weighted by atomic mass is 10.0. The summed E-state index contributed by atoms with van der Waals surface area (Å²) < 4.78 is 0. The van der Waals surface area contributed by atoms with E-state index in [1.54, 1.807) is 30.3 Å².